The Labute approximate surface area is 185 Å². The van der Waals surface area contributed by atoms with Gasteiger partial charge in [0.25, 0.3) is 0 Å². The number of para-hydroxylation sites is 1. The van der Waals surface area contributed by atoms with Crippen molar-refractivity contribution in [3.63, 3.8) is 0 Å². The molecule has 5 nitrogen and oxygen atoms in total. The van der Waals surface area contributed by atoms with Gasteiger partial charge in [-0.2, -0.15) is 4.31 Å². The number of amides is 1. The van der Waals surface area contributed by atoms with Gasteiger partial charge in [0.15, 0.2) is 0 Å². The molecule has 1 saturated heterocycles. The predicted molar refractivity (Wildman–Crippen MR) is 124 cm³/mol. The molecule has 4 rings (SSSR count). The van der Waals surface area contributed by atoms with Crippen LogP contribution in [0.2, 0.25) is 0 Å². The van der Waals surface area contributed by atoms with E-state index in [0.717, 1.165) is 41.6 Å². The zero-order valence-corrected chi connectivity index (χ0v) is 19.5. The number of rotatable bonds is 5. The van der Waals surface area contributed by atoms with Crippen molar-refractivity contribution in [3.8, 4) is 0 Å². The van der Waals surface area contributed by atoms with E-state index < -0.39 is 10.0 Å². The summed E-state index contributed by atoms with van der Waals surface area (Å²) >= 11 is 0. The Balaban J connectivity index is 1.42. The molecule has 0 unspecified atom stereocenters. The highest BCUT2D eigenvalue weighted by molar-refractivity contribution is 7.89. The third-order valence-electron chi connectivity index (χ3n) is 6.71. The minimum Gasteiger partial charge on any atom is -0.325 e. The molecule has 0 saturated carbocycles. The smallest absolute Gasteiger partial charge is 0.243 e. The molecule has 1 N–H and O–H groups in total. The van der Waals surface area contributed by atoms with Gasteiger partial charge in [0.2, 0.25) is 15.9 Å². The standard InChI is InChI=1S/C25H32N2O3S/c1-17(2)23-9-4-6-18(3)24(23)26-25(28)20-12-14-27(15-13-20)31(29,30)22-11-10-19-7-5-8-21(19)16-22/h4,6,9-11,16-17,20H,5,7-8,12-15H2,1-3H3,(H,26,28). The van der Waals surface area contributed by atoms with Crippen molar-refractivity contribution in [2.75, 3.05) is 18.4 Å². The number of sulfonamides is 1. The Morgan fingerprint density at radius 3 is 2.48 bits per heavy atom. The summed E-state index contributed by atoms with van der Waals surface area (Å²) in [4.78, 5) is 13.4. The molecule has 0 aromatic heterocycles. The monoisotopic (exact) mass is 440 g/mol. The summed E-state index contributed by atoms with van der Waals surface area (Å²) in [6, 6.07) is 11.6. The van der Waals surface area contributed by atoms with E-state index >= 15 is 0 Å². The maximum atomic E-state index is 13.1. The van der Waals surface area contributed by atoms with E-state index in [0.29, 0.717) is 36.7 Å². The molecule has 2 aliphatic rings. The van der Waals surface area contributed by atoms with E-state index in [1.165, 1.54) is 5.56 Å². The number of carbonyl (C=O) groups excluding carboxylic acids is 1. The van der Waals surface area contributed by atoms with Gasteiger partial charge in [-0.1, -0.05) is 38.1 Å². The van der Waals surface area contributed by atoms with Gasteiger partial charge in [0.1, 0.15) is 0 Å². The van der Waals surface area contributed by atoms with Gasteiger partial charge in [-0.05, 0) is 79.3 Å². The molecule has 0 spiro atoms. The number of carbonyl (C=O) groups is 1. The molecule has 1 heterocycles. The first-order chi connectivity index (χ1) is 14.8. The fourth-order valence-electron chi connectivity index (χ4n) is 4.78. The van der Waals surface area contributed by atoms with E-state index in [2.05, 4.69) is 25.2 Å². The Morgan fingerprint density at radius 1 is 1.06 bits per heavy atom. The lowest BCUT2D eigenvalue weighted by atomic mass is 9.95. The van der Waals surface area contributed by atoms with Crippen LogP contribution < -0.4 is 5.32 Å². The highest BCUT2D eigenvalue weighted by Crippen LogP contribution is 2.31. The molecule has 0 bridgehead atoms. The molecule has 31 heavy (non-hydrogen) atoms. The molecule has 1 fully saturated rings. The lowest BCUT2D eigenvalue weighted by Crippen LogP contribution is -2.41. The highest BCUT2D eigenvalue weighted by Gasteiger charge is 2.33. The molecule has 2 aromatic rings. The van der Waals surface area contributed by atoms with Crippen LogP contribution in [0, 0.1) is 12.8 Å². The number of fused-ring (bicyclic) bond motifs is 1. The van der Waals surface area contributed by atoms with Crippen molar-refractivity contribution >= 4 is 21.6 Å². The first-order valence-electron chi connectivity index (χ1n) is 11.3. The van der Waals surface area contributed by atoms with Crippen LogP contribution in [0.5, 0.6) is 0 Å². The second-order valence-corrected chi connectivity index (χ2v) is 11.1. The Hall–Kier alpha value is -2.18. The maximum Gasteiger partial charge on any atom is 0.243 e. The minimum absolute atomic E-state index is 0.00854. The second-order valence-electron chi connectivity index (χ2n) is 9.15. The highest BCUT2D eigenvalue weighted by atomic mass is 32.2. The van der Waals surface area contributed by atoms with Crippen LogP contribution in [0.3, 0.4) is 0 Å². The second kappa shape index (κ2) is 8.75. The third-order valence-corrected chi connectivity index (χ3v) is 8.60. The summed E-state index contributed by atoms with van der Waals surface area (Å²) in [6.45, 7) is 7.00. The summed E-state index contributed by atoms with van der Waals surface area (Å²) in [5.74, 6) is 0.131. The van der Waals surface area contributed by atoms with E-state index in [1.807, 2.05) is 31.2 Å². The van der Waals surface area contributed by atoms with Gasteiger partial charge < -0.3 is 5.32 Å². The van der Waals surface area contributed by atoms with E-state index in [9.17, 15) is 13.2 Å². The van der Waals surface area contributed by atoms with Crippen LogP contribution in [0.4, 0.5) is 5.69 Å². The molecular formula is C25H32N2O3S. The number of nitrogens with zero attached hydrogens (tertiary/aromatic N) is 1. The number of hydrogen-bond donors (Lipinski definition) is 1. The van der Waals surface area contributed by atoms with Crippen molar-refractivity contribution in [2.24, 2.45) is 5.92 Å². The molecule has 2 aromatic carbocycles. The van der Waals surface area contributed by atoms with E-state index in [4.69, 9.17) is 0 Å². The molecule has 1 aliphatic heterocycles. The largest absolute Gasteiger partial charge is 0.325 e. The zero-order chi connectivity index (χ0) is 22.2. The van der Waals surface area contributed by atoms with Crippen LogP contribution in [0.1, 0.15) is 61.3 Å². The summed E-state index contributed by atoms with van der Waals surface area (Å²) < 4.78 is 27.8. The molecule has 1 aliphatic carbocycles. The quantitative estimate of drug-likeness (QED) is 0.736. The minimum atomic E-state index is -3.51. The van der Waals surface area contributed by atoms with E-state index in [-0.39, 0.29) is 11.8 Å². The van der Waals surface area contributed by atoms with Crippen LogP contribution in [0.25, 0.3) is 0 Å². The van der Waals surface area contributed by atoms with Gasteiger partial charge in [0, 0.05) is 24.7 Å². The van der Waals surface area contributed by atoms with Gasteiger partial charge in [-0.15, -0.1) is 0 Å². The van der Waals surface area contributed by atoms with Gasteiger partial charge in [-0.3, -0.25) is 4.79 Å². The fraction of sp³-hybridized carbons (Fsp3) is 0.480. The summed E-state index contributed by atoms with van der Waals surface area (Å²) in [6.07, 6.45) is 4.17. The molecule has 0 radical (unpaired) electrons. The van der Waals surface area contributed by atoms with Crippen LogP contribution in [-0.4, -0.2) is 31.7 Å². The summed E-state index contributed by atoms with van der Waals surface area (Å²) in [5.41, 5.74) is 5.51. The lowest BCUT2D eigenvalue weighted by molar-refractivity contribution is -0.120. The Morgan fingerprint density at radius 2 is 1.77 bits per heavy atom. The van der Waals surface area contributed by atoms with Gasteiger partial charge in [0.05, 0.1) is 4.90 Å². The topological polar surface area (TPSA) is 66.5 Å². The normalized spacial score (nSPS) is 17.7. The van der Waals surface area contributed by atoms with Crippen molar-refractivity contribution in [1.82, 2.24) is 4.31 Å². The van der Waals surface area contributed by atoms with Crippen molar-refractivity contribution < 1.29 is 13.2 Å². The van der Waals surface area contributed by atoms with Crippen molar-refractivity contribution in [2.45, 2.75) is 63.7 Å². The van der Waals surface area contributed by atoms with E-state index in [1.54, 1.807) is 10.4 Å². The molecule has 1 amide bonds. The molecular weight excluding hydrogens is 408 g/mol. The average molecular weight is 441 g/mol. The van der Waals surface area contributed by atoms with Crippen molar-refractivity contribution in [1.29, 1.82) is 0 Å². The SMILES string of the molecule is Cc1cccc(C(C)C)c1NC(=O)C1CCN(S(=O)(=O)c2ccc3c(c2)CCC3)CC1. The number of hydrogen-bond acceptors (Lipinski definition) is 3. The first-order valence-corrected chi connectivity index (χ1v) is 12.7. The third kappa shape index (κ3) is 4.41. The number of benzene rings is 2. The number of piperidine rings is 1. The van der Waals surface area contributed by atoms with Crippen LogP contribution in [-0.2, 0) is 27.7 Å². The Kier molecular flexibility index (Phi) is 6.22. The van der Waals surface area contributed by atoms with Gasteiger partial charge >= 0.3 is 0 Å². The number of aryl methyl sites for hydroxylation is 3. The Bertz CT molecular complexity index is 1080. The molecule has 6 heteroatoms. The van der Waals surface area contributed by atoms with Crippen molar-refractivity contribution in [3.05, 3.63) is 58.7 Å². The zero-order valence-electron chi connectivity index (χ0n) is 18.6. The number of anilines is 1. The average Bonchev–Trinajstić information content (AvgIpc) is 3.23. The summed E-state index contributed by atoms with van der Waals surface area (Å²) in [7, 11) is -3.51. The van der Waals surface area contributed by atoms with Gasteiger partial charge in [-0.25, -0.2) is 8.42 Å². The fourth-order valence-corrected chi connectivity index (χ4v) is 6.30. The molecule has 0 atom stereocenters. The lowest BCUT2D eigenvalue weighted by Gasteiger charge is -2.31. The summed E-state index contributed by atoms with van der Waals surface area (Å²) in [5, 5.41) is 3.14. The molecule has 166 valence electrons. The first kappa shape index (κ1) is 22.0. The maximum absolute atomic E-state index is 13.1. The number of nitrogens with one attached hydrogen (secondary N) is 1. The van der Waals surface area contributed by atoms with Crippen LogP contribution >= 0.6 is 0 Å². The predicted octanol–water partition coefficient (Wildman–Crippen LogP) is 4.65. The van der Waals surface area contributed by atoms with Crippen LogP contribution in [0.15, 0.2) is 41.3 Å².